The maximum absolute atomic E-state index is 9.90. The van der Waals surface area contributed by atoms with Gasteiger partial charge in [-0.15, -0.1) is 0 Å². The Morgan fingerprint density at radius 1 is 1.08 bits per heavy atom. The molecule has 0 aromatic carbocycles. The van der Waals surface area contributed by atoms with E-state index in [1.165, 1.54) is 14.0 Å². The summed E-state index contributed by atoms with van der Waals surface area (Å²) in [4.78, 5) is 9.90. The smallest absolute Gasteiger partial charge is 0.304 e. The van der Waals surface area contributed by atoms with Crippen LogP contribution in [0.1, 0.15) is 44.1 Å². The number of rotatable bonds is 2. The molecular formula is C9H28O3. The third-order valence-electron chi connectivity index (χ3n) is 0.380. The number of hydrogen-bond donors (Lipinski definition) is 0. The lowest BCUT2D eigenvalue weighted by Gasteiger charge is -1.95. The predicted octanol–water partition coefficient (Wildman–Crippen LogP) is 3.33. The van der Waals surface area contributed by atoms with Crippen LogP contribution in [0.5, 0.6) is 0 Å². The minimum absolute atomic E-state index is 0. The van der Waals surface area contributed by atoms with Crippen molar-refractivity contribution in [3.63, 3.8) is 0 Å². The minimum Gasteiger partial charge on any atom is -0.439 e. The van der Waals surface area contributed by atoms with Crippen molar-refractivity contribution >= 4 is 5.97 Å². The van der Waals surface area contributed by atoms with E-state index < -0.39 is 0 Å². The largest absolute Gasteiger partial charge is 0.439 e. The van der Waals surface area contributed by atoms with Crippen LogP contribution < -0.4 is 0 Å². The van der Waals surface area contributed by atoms with Crippen LogP contribution in [-0.2, 0) is 14.3 Å². The molecule has 0 aliphatic carbocycles. The first-order chi connectivity index (χ1) is 3.27. The van der Waals surface area contributed by atoms with Crippen LogP contribution in [0.25, 0.3) is 0 Å². The van der Waals surface area contributed by atoms with Crippen molar-refractivity contribution < 1.29 is 14.3 Å². The molecule has 0 aromatic rings. The van der Waals surface area contributed by atoms with Gasteiger partial charge in [-0.05, 0) is 0 Å². The molecule has 0 N–H and O–H groups in total. The highest BCUT2D eigenvalue weighted by Crippen LogP contribution is 1.72. The highest BCUT2D eigenvalue weighted by molar-refractivity contribution is 5.65. The zero-order valence-corrected chi connectivity index (χ0v) is 4.43. The van der Waals surface area contributed by atoms with Gasteiger partial charge in [0.1, 0.15) is 0 Å². The monoisotopic (exact) mass is 184 g/mol. The minimum atomic E-state index is -0.318. The summed E-state index contributed by atoms with van der Waals surface area (Å²) >= 11 is 0. The second-order valence-electron chi connectivity index (χ2n) is 1.04. The third kappa shape index (κ3) is 57.0. The molecule has 82 valence electrons. The summed E-state index contributed by atoms with van der Waals surface area (Å²) in [5, 5.41) is 0. The van der Waals surface area contributed by atoms with Crippen LogP contribution in [0.2, 0.25) is 0 Å². The molecule has 12 heavy (non-hydrogen) atoms. The number of esters is 1. The quantitative estimate of drug-likeness (QED) is 0.488. The number of carbonyl (C=O) groups excluding carboxylic acids is 1. The molecule has 0 saturated carbocycles. The maximum Gasteiger partial charge on any atom is 0.304 e. The molecule has 0 radical (unpaired) electrons. The van der Waals surface area contributed by atoms with Gasteiger partial charge in [-0.1, -0.05) is 37.1 Å². The van der Waals surface area contributed by atoms with Crippen molar-refractivity contribution in [2.75, 3.05) is 13.9 Å². The SMILES string of the molecule is C.C.C.C.C.COCOC(C)=O. The lowest BCUT2D eigenvalue weighted by Crippen LogP contribution is -2.00. The zero-order chi connectivity index (χ0) is 5.70. The van der Waals surface area contributed by atoms with E-state index in [2.05, 4.69) is 9.47 Å². The lowest BCUT2D eigenvalue weighted by molar-refractivity contribution is -0.151. The Morgan fingerprint density at radius 3 is 1.50 bits per heavy atom. The van der Waals surface area contributed by atoms with Gasteiger partial charge in [0.05, 0.1) is 0 Å². The third-order valence-corrected chi connectivity index (χ3v) is 0.380. The van der Waals surface area contributed by atoms with Gasteiger partial charge >= 0.3 is 5.97 Å². The van der Waals surface area contributed by atoms with Crippen molar-refractivity contribution in [3.05, 3.63) is 0 Å². The first-order valence-electron chi connectivity index (χ1n) is 1.89. The topological polar surface area (TPSA) is 35.5 Å². The Labute approximate surface area is 79.1 Å². The van der Waals surface area contributed by atoms with Crippen LogP contribution in [0, 0.1) is 0 Å². The molecule has 3 nitrogen and oxygen atoms in total. The Bertz CT molecular complexity index is 62.8. The van der Waals surface area contributed by atoms with E-state index in [1.807, 2.05) is 0 Å². The summed E-state index contributed by atoms with van der Waals surface area (Å²) in [7, 11) is 1.46. The fourth-order valence-corrected chi connectivity index (χ4v) is 0.142. The van der Waals surface area contributed by atoms with Crippen molar-refractivity contribution in [2.45, 2.75) is 44.1 Å². The Kier molecular flexibility index (Phi) is 111. The fraction of sp³-hybridized carbons (Fsp3) is 0.889. The van der Waals surface area contributed by atoms with Crippen LogP contribution in [0.3, 0.4) is 0 Å². The average molecular weight is 184 g/mol. The summed E-state index contributed by atoms with van der Waals surface area (Å²) in [5.41, 5.74) is 0. The van der Waals surface area contributed by atoms with Crippen LogP contribution in [-0.4, -0.2) is 19.9 Å². The van der Waals surface area contributed by atoms with Crippen LogP contribution in [0.4, 0.5) is 0 Å². The van der Waals surface area contributed by atoms with E-state index in [9.17, 15) is 4.79 Å². The normalized spacial score (nSPS) is 4.83. The Balaban J connectivity index is -0.0000000180. The average Bonchev–Trinajstić information content (AvgIpc) is 1.61. The highest BCUT2D eigenvalue weighted by Gasteiger charge is 1.85. The number of ether oxygens (including phenoxy) is 2. The van der Waals surface area contributed by atoms with Crippen LogP contribution >= 0.6 is 0 Å². The number of methoxy groups -OCH3 is 1. The molecule has 0 heterocycles. The van der Waals surface area contributed by atoms with Gasteiger partial charge in [-0.25, -0.2) is 0 Å². The van der Waals surface area contributed by atoms with Crippen LogP contribution in [0.15, 0.2) is 0 Å². The number of hydrogen-bond acceptors (Lipinski definition) is 3. The summed E-state index contributed by atoms with van der Waals surface area (Å²) in [6, 6.07) is 0. The summed E-state index contributed by atoms with van der Waals surface area (Å²) < 4.78 is 8.74. The Hall–Kier alpha value is -0.570. The molecule has 0 unspecified atom stereocenters. The molecular weight excluding hydrogens is 156 g/mol. The Morgan fingerprint density at radius 2 is 1.42 bits per heavy atom. The first kappa shape index (κ1) is 42.2. The molecule has 3 heteroatoms. The van der Waals surface area contributed by atoms with E-state index >= 15 is 0 Å². The van der Waals surface area contributed by atoms with Gasteiger partial charge < -0.3 is 9.47 Å². The second kappa shape index (κ2) is 31.5. The molecule has 0 fully saturated rings. The van der Waals surface area contributed by atoms with E-state index in [-0.39, 0.29) is 49.9 Å². The molecule has 0 spiro atoms. The maximum atomic E-state index is 9.90. The lowest BCUT2D eigenvalue weighted by atomic mass is 10.8. The molecule has 0 bridgehead atoms. The van der Waals surface area contributed by atoms with Gasteiger partial charge in [0.2, 0.25) is 0 Å². The molecule has 0 aliphatic rings. The summed E-state index contributed by atoms with van der Waals surface area (Å²) in [6.45, 7) is 1.38. The fourth-order valence-electron chi connectivity index (χ4n) is 0.142. The standard InChI is InChI=1S/C4H8O3.5CH4/c1-4(5)7-3-6-2;;;;;/h3H2,1-2H3;5*1H4. The molecule has 0 atom stereocenters. The van der Waals surface area contributed by atoms with E-state index in [0.29, 0.717) is 0 Å². The van der Waals surface area contributed by atoms with Gasteiger partial charge in [0, 0.05) is 14.0 Å². The highest BCUT2D eigenvalue weighted by atomic mass is 16.7. The first-order valence-corrected chi connectivity index (χ1v) is 1.89. The van der Waals surface area contributed by atoms with Gasteiger partial charge in [0.15, 0.2) is 6.79 Å². The van der Waals surface area contributed by atoms with Gasteiger partial charge in [0.25, 0.3) is 0 Å². The molecule has 0 saturated heterocycles. The second-order valence-corrected chi connectivity index (χ2v) is 1.04. The van der Waals surface area contributed by atoms with E-state index in [1.54, 1.807) is 0 Å². The van der Waals surface area contributed by atoms with Crippen molar-refractivity contribution in [2.24, 2.45) is 0 Å². The van der Waals surface area contributed by atoms with Crippen molar-refractivity contribution in [1.82, 2.24) is 0 Å². The van der Waals surface area contributed by atoms with E-state index in [4.69, 9.17) is 0 Å². The molecule has 0 aromatic heterocycles. The number of carbonyl (C=O) groups is 1. The molecule has 0 aliphatic heterocycles. The van der Waals surface area contributed by atoms with E-state index in [0.717, 1.165) is 0 Å². The van der Waals surface area contributed by atoms with Crippen molar-refractivity contribution in [1.29, 1.82) is 0 Å². The van der Waals surface area contributed by atoms with Crippen molar-refractivity contribution in [3.8, 4) is 0 Å². The van der Waals surface area contributed by atoms with Gasteiger partial charge in [-0.3, -0.25) is 4.79 Å². The summed E-state index contributed by atoms with van der Waals surface area (Å²) in [5.74, 6) is -0.318. The summed E-state index contributed by atoms with van der Waals surface area (Å²) in [6.07, 6.45) is 0. The molecule has 0 rings (SSSR count). The molecule has 0 amide bonds. The van der Waals surface area contributed by atoms with Gasteiger partial charge in [-0.2, -0.15) is 0 Å². The zero-order valence-electron chi connectivity index (χ0n) is 4.43. The predicted molar refractivity (Wildman–Crippen MR) is 57.3 cm³/mol.